The van der Waals surface area contributed by atoms with Gasteiger partial charge in [-0.25, -0.2) is 12.4 Å². The molecule has 1 amide bonds. The molecule has 0 radical (unpaired) electrons. The summed E-state index contributed by atoms with van der Waals surface area (Å²) in [6.07, 6.45) is 3.25. The number of aryl methyl sites for hydroxylation is 2. The van der Waals surface area contributed by atoms with Crippen LogP contribution in [0.2, 0.25) is 0 Å². The van der Waals surface area contributed by atoms with Crippen LogP contribution in [-0.2, 0) is 17.1 Å². The number of aromatic nitrogens is 5. The van der Waals surface area contributed by atoms with E-state index in [9.17, 15) is 13.2 Å². The van der Waals surface area contributed by atoms with Crippen molar-refractivity contribution in [3.63, 3.8) is 0 Å². The number of hydrogen-bond acceptors (Lipinski definition) is 8. The Kier molecular flexibility index (Phi) is 5.96. The van der Waals surface area contributed by atoms with Crippen molar-refractivity contribution >= 4 is 61.0 Å². The van der Waals surface area contributed by atoms with E-state index in [1.165, 1.54) is 6.20 Å². The summed E-state index contributed by atoms with van der Waals surface area (Å²) in [5, 5.41) is 12.2. The molecule has 3 aromatic carbocycles. The summed E-state index contributed by atoms with van der Waals surface area (Å²) in [7, 11) is -2.09. The van der Waals surface area contributed by atoms with Gasteiger partial charge in [-0.15, -0.1) is 0 Å². The highest BCUT2D eigenvalue weighted by Gasteiger charge is 2.22. The lowest BCUT2D eigenvalue weighted by molar-refractivity contribution is 0.100. The Morgan fingerprint density at radius 3 is 2.35 bits per heavy atom. The molecule has 0 saturated heterocycles. The molecular weight excluding hydrogens is 528 g/mol. The van der Waals surface area contributed by atoms with E-state index < -0.39 is 15.9 Å². The molecule has 6 rings (SSSR count). The highest BCUT2D eigenvalue weighted by molar-refractivity contribution is 7.90. The zero-order valence-electron chi connectivity index (χ0n) is 21.5. The number of rotatable bonds is 7. The summed E-state index contributed by atoms with van der Waals surface area (Å²) in [4.78, 5) is 20.8. The van der Waals surface area contributed by atoms with Gasteiger partial charge in [-0.3, -0.25) is 9.48 Å². The van der Waals surface area contributed by atoms with Gasteiger partial charge >= 0.3 is 0 Å². The van der Waals surface area contributed by atoms with Gasteiger partial charge in [0.15, 0.2) is 5.65 Å². The Morgan fingerprint density at radius 1 is 0.900 bits per heavy atom. The van der Waals surface area contributed by atoms with Crippen LogP contribution in [0.15, 0.2) is 90.1 Å². The van der Waals surface area contributed by atoms with Gasteiger partial charge in [0.1, 0.15) is 5.82 Å². The van der Waals surface area contributed by atoms with Crippen LogP contribution in [0, 0.1) is 6.92 Å². The molecule has 6 aromatic rings. The zero-order valence-corrected chi connectivity index (χ0v) is 22.3. The van der Waals surface area contributed by atoms with E-state index in [0.717, 1.165) is 26.1 Å². The number of carbonyl (C=O) groups is 1. The number of nitrogens with one attached hydrogen (secondary N) is 2. The molecule has 200 valence electrons. The summed E-state index contributed by atoms with van der Waals surface area (Å²) in [5.74, 6) is 0.0170. The molecule has 0 aliphatic heterocycles. The fourth-order valence-electron chi connectivity index (χ4n) is 4.37. The van der Waals surface area contributed by atoms with Crippen LogP contribution in [0.25, 0.3) is 21.9 Å². The lowest BCUT2D eigenvalue weighted by atomic mass is 10.2. The summed E-state index contributed by atoms with van der Waals surface area (Å²) in [6, 6.07) is 20.6. The first kappa shape index (κ1) is 25.1. The van der Waals surface area contributed by atoms with E-state index in [0.29, 0.717) is 22.5 Å². The molecule has 0 bridgehead atoms. The second kappa shape index (κ2) is 9.50. The molecule has 11 nitrogen and oxygen atoms in total. The summed E-state index contributed by atoms with van der Waals surface area (Å²) < 4.78 is 30.2. The van der Waals surface area contributed by atoms with E-state index in [1.54, 1.807) is 65.5 Å². The maximum atomic E-state index is 13.6. The van der Waals surface area contributed by atoms with Crippen molar-refractivity contribution in [2.24, 2.45) is 12.8 Å². The van der Waals surface area contributed by atoms with Gasteiger partial charge in [-0.05, 0) is 67.6 Å². The first-order valence-corrected chi connectivity index (χ1v) is 13.7. The van der Waals surface area contributed by atoms with Crippen molar-refractivity contribution in [3.8, 4) is 0 Å². The number of hydrogen-bond donors (Lipinski definition) is 3. The van der Waals surface area contributed by atoms with Gasteiger partial charge in [0.25, 0.3) is 10.0 Å². The van der Waals surface area contributed by atoms with Crippen LogP contribution < -0.4 is 16.4 Å². The van der Waals surface area contributed by atoms with Gasteiger partial charge in [0.05, 0.1) is 22.0 Å². The molecule has 0 spiro atoms. The first-order valence-electron chi connectivity index (χ1n) is 12.3. The predicted molar refractivity (Wildman–Crippen MR) is 154 cm³/mol. The van der Waals surface area contributed by atoms with Gasteiger partial charge in [0, 0.05) is 35.6 Å². The monoisotopic (exact) mass is 552 g/mol. The highest BCUT2D eigenvalue weighted by atomic mass is 32.2. The largest absolute Gasteiger partial charge is 0.366 e. The Morgan fingerprint density at radius 2 is 1.62 bits per heavy atom. The lowest BCUT2D eigenvalue weighted by Gasteiger charge is -2.13. The van der Waals surface area contributed by atoms with Crippen molar-refractivity contribution in [1.29, 1.82) is 0 Å². The number of nitrogens with zero attached hydrogens (tertiary/aromatic N) is 5. The van der Waals surface area contributed by atoms with Gasteiger partial charge < -0.3 is 16.4 Å². The lowest BCUT2D eigenvalue weighted by Crippen LogP contribution is -2.13. The molecule has 0 aliphatic rings. The van der Waals surface area contributed by atoms with E-state index >= 15 is 0 Å². The molecule has 3 heterocycles. The average molecular weight is 553 g/mol. The Labute approximate surface area is 229 Å². The molecule has 0 saturated carbocycles. The van der Waals surface area contributed by atoms with Gasteiger partial charge in [0.2, 0.25) is 11.9 Å². The second-order valence-corrected chi connectivity index (χ2v) is 11.1. The first-order chi connectivity index (χ1) is 19.2. The number of carbonyl (C=O) groups excluding carboxylic acids is 1. The Balaban J connectivity index is 1.47. The molecule has 12 heteroatoms. The third kappa shape index (κ3) is 4.50. The number of benzene rings is 3. The third-order valence-electron chi connectivity index (χ3n) is 6.53. The molecule has 0 fully saturated rings. The number of nitrogens with two attached hydrogens (primary N) is 1. The molecule has 0 unspecified atom stereocenters. The maximum Gasteiger partial charge on any atom is 0.269 e. The number of fused-ring (bicyclic) bond motifs is 2. The normalized spacial score (nSPS) is 11.7. The standard InChI is InChI=1S/C28H24N8O3S/c1-17-3-11-22(12-4-17)40(38,39)36-14-13-23-26(31-21-10-7-19-16-30-35(2)24(19)15-21)33-28(34-27(23)36)32-20-8-5-18(6-9-20)25(29)37/h3-16H,1-2H3,(H2,29,37)(H2,31,32,33,34). The topological polar surface area (TPSA) is 150 Å². The van der Waals surface area contributed by atoms with Crippen LogP contribution >= 0.6 is 0 Å². The number of anilines is 4. The van der Waals surface area contributed by atoms with Crippen molar-refractivity contribution in [1.82, 2.24) is 23.7 Å². The molecule has 0 atom stereocenters. The number of primary amides is 1. The summed E-state index contributed by atoms with van der Waals surface area (Å²) in [5.41, 5.74) is 9.09. The summed E-state index contributed by atoms with van der Waals surface area (Å²) in [6.45, 7) is 1.89. The minimum atomic E-state index is -3.95. The quantitative estimate of drug-likeness (QED) is 0.263. The zero-order chi connectivity index (χ0) is 28.0. The van der Waals surface area contributed by atoms with E-state index in [4.69, 9.17) is 5.73 Å². The van der Waals surface area contributed by atoms with Crippen LogP contribution in [-0.4, -0.2) is 38.0 Å². The molecule has 0 aliphatic carbocycles. The van der Waals surface area contributed by atoms with Crippen molar-refractivity contribution < 1.29 is 13.2 Å². The van der Waals surface area contributed by atoms with E-state index in [2.05, 4.69) is 25.7 Å². The minimum absolute atomic E-state index is 0.141. The van der Waals surface area contributed by atoms with E-state index in [-0.39, 0.29) is 16.5 Å². The molecule has 4 N–H and O–H groups in total. The molecule has 3 aromatic heterocycles. The Bertz CT molecular complexity index is 2010. The number of amides is 1. The smallest absolute Gasteiger partial charge is 0.269 e. The van der Waals surface area contributed by atoms with Crippen molar-refractivity contribution in [2.75, 3.05) is 10.6 Å². The SMILES string of the molecule is Cc1ccc(S(=O)(=O)n2ccc3c(Nc4ccc5cnn(C)c5c4)nc(Nc4ccc(C(N)=O)cc4)nc32)cc1. The second-order valence-electron chi connectivity index (χ2n) is 9.30. The van der Waals surface area contributed by atoms with Crippen LogP contribution in [0.3, 0.4) is 0 Å². The third-order valence-corrected chi connectivity index (χ3v) is 8.21. The van der Waals surface area contributed by atoms with Crippen LogP contribution in [0.1, 0.15) is 15.9 Å². The maximum absolute atomic E-state index is 13.6. The van der Waals surface area contributed by atoms with Crippen molar-refractivity contribution in [2.45, 2.75) is 11.8 Å². The van der Waals surface area contributed by atoms with Crippen LogP contribution in [0.5, 0.6) is 0 Å². The molecule has 40 heavy (non-hydrogen) atoms. The summed E-state index contributed by atoms with van der Waals surface area (Å²) >= 11 is 0. The Hall–Kier alpha value is -5.23. The highest BCUT2D eigenvalue weighted by Crippen LogP contribution is 2.31. The van der Waals surface area contributed by atoms with Crippen LogP contribution in [0.4, 0.5) is 23.1 Å². The predicted octanol–water partition coefficient (Wildman–Crippen LogP) is 4.45. The fraction of sp³-hybridized carbons (Fsp3) is 0.0714. The van der Waals surface area contributed by atoms with Gasteiger partial charge in [-0.2, -0.15) is 15.1 Å². The molecular formula is C28H24N8O3S. The van der Waals surface area contributed by atoms with Crippen molar-refractivity contribution in [3.05, 3.63) is 96.3 Å². The fourth-order valence-corrected chi connectivity index (χ4v) is 5.66. The van der Waals surface area contributed by atoms with Gasteiger partial charge in [-0.1, -0.05) is 17.7 Å². The van der Waals surface area contributed by atoms with E-state index in [1.807, 2.05) is 32.2 Å². The average Bonchev–Trinajstić information content (AvgIpc) is 3.53. The minimum Gasteiger partial charge on any atom is -0.366 e.